The highest BCUT2D eigenvalue weighted by Crippen LogP contribution is 2.42. The lowest BCUT2D eigenvalue weighted by Gasteiger charge is -2.16. The lowest BCUT2D eigenvalue weighted by molar-refractivity contribution is -0.112. The quantitative estimate of drug-likeness (QED) is 0.315. The van der Waals surface area contributed by atoms with Crippen molar-refractivity contribution in [2.75, 3.05) is 4.90 Å². The van der Waals surface area contributed by atoms with E-state index in [0.29, 0.717) is 27.1 Å². The minimum Gasteiger partial charge on any atom is -0.457 e. The van der Waals surface area contributed by atoms with Crippen LogP contribution < -0.4 is 4.90 Å². The van der Waals surface area contributed by atoms with Gasteiger partial charge in [-0.1, -0.05) is 59.6 Å². The maximum atomic E-state index is 13.3. The molecule has 3 aromatic carbocycles. The van der Waals surface area contributed by atoms with E-state index in [9.17, 15) is 4.79 Å². The molecule has 5 heteroatoms. The van der Waals surface area contributed by atoms with Gasteiger partial charge in [0.25, 0.3) is 5.91 Å². The molecule has 0 spiro atoms. The van der Waals surface area contributed by atoms with Gasteiger partial charge in [-0.05, 0) is 54.6 Å². The van der Waals surface area contributed by atoms with Gasteiger partial charge in [0.15, 0.2) is 0 Å². The van der Waals surface area contributed by atoms with Gasteiger partial charge < -0.3 is 4.42 Å². The number of carbonyl (C=O) groups excluding carboxylic acids is 1. The summed E-state index contributed by atoms with van der Waals surface area (Å²) in [5.41, 5.74) is 3.96. The van der Waals surface area contributed by atoms with Crippen LogP contribution in [0.5, 0.6) is 0 Å². The number of furan rings is 1. The molecule has 0 atom stereocenters. The summed E-state index contributed by atoms with van der Waals surface area (Å²) in [5, 5.41) is 0.951. The van der Waals surface area contributed by atoms with E-state index >= 15 is 0 Å². The van der Waals surface area contributed by atoms with Gasteiger partial charge >= 0.3 is 0 Å². The summed E-state index contributed by atoms with van der Waals surface area (Å²) in [6.07, 6.45) is 1.78. The molecular weight excluding hydrogens is 417 g/mol. The van der Waals surface area contributed by atoms with Crippen LogP contribution in [0.15, 0.2) is 89.3 Å². The van der Waals surface area contributed by atoms with Crippen LogP contribution >= 0.6 is 23.2 Å². The first-order valence-corrected chi connectivity index (χ1v) is 10.1. The van der Waals surface area contributed by atoms with Gasteiger partial charge in [-0.25, -0.2) is 0 Å². The monoisotopic (exact) mass is 431 g/mol. The van der Waals surface area contributed by atoms with Crippen LogP contribution in [0, 0.1) is 0 Å². The molecule has 5 rings (SSSR count). The Morgan fingerprint density at radius 1 is 0.800 bits per heavy atom. The van der Waals surface area contributed by atoms with Gasteiger partial charge in [-0.2, -0.15) is 0 Å². The molecular formula is C25H15Cl2NO2. The van der Waals surface area contributed by atoms with Crippen molar-refractivity contribution < 1.29 is 9.21 Å². The van der Waals surface area contributed by atoms with E-state index in [1.807, 2.05) is 72.8 Å². The SMILES string of the molecule is O=C1/C(=C/c2ccc(-c3ccc(Cl)c(Cl)c3)o2)c2ccccc2N1c1ccccc1. The normalized spacial score (nSPS) is 14.4. The highest BCUT2D eigenvalue weighted by atomic mass is 35.5. The van der Waals surface area contributed by atoms with Gasteiger partial charge in [0, 0.05) is 16.8 Å². The average molecular weight is 432 g/mol. The first-order chi connectivity index (χ1) is 14.6. The van der Waals surface area contributed by atoms with Gasteiger partial charge in [-0.15, -0.1) is 0 Å². The van der Waals surface area contributed by atoms with E-state index in [1.165, 1.54) is 0 Å². The molecule has 1 amide bonds. The van der Waals surface area contributed by atoms with Crippen LogP contribution in [-0.2, 0) is 4.79 Å². The minimum atomic E-state index is -0.0881. The summed E-state index contributed by atoms with van der Waals surface area (Å²) in [6, 6.07) is 26.4. The fourth-order valence-electron chi connectivity index (χ4n) is 3.59. The number of benzene rings is 3. The van der Waals surface area contributed by atoms with Crippen LogP contribution in [0.3, 0.4) is 0 Å². The van der Waals surface area contributed by atoms with Crippen molar-refractivity contribution in [2.45, 2.75) is 0 Å². The van der Waals surface area contributed by atoms with E-state index in [4.69, 9.17) is 27.6 Å². The second-order valence-corrected chi connectivity index (χ2v) is 7.70. The van der Waals surface area contributed by atoms with E-state index in [2.05, 4.69) is 0 Å². The number of anilines is 2. The molecule has 146 valence electrons. The van der Waals surface area contributed by atoms with Crippen LogP contribution in [-0.4, -0.2) is 5.91 Å². The predicted octanol–water partition coefficient (Wildman–Crippen LogP) is 7.47. The first-order valence-electron chi connectivity index (χ1n) is 9.38. The summed E-state index contributed by atoms with van der Waals surface area (Å²) < 4.78 is 5.98. The largest absolute Gasteiger partial charge is 0.457 e. The molecule has 4 aromatic rings. The van der Waals surface area contributed by atoms with Gasteiger partial charge in [0.05, 0.1) is 21.3 Å². The van der Waals surface area contributed by atoms with Crippen molar-refractivity contribution in [1.29, 1.82) is 0 Å². The van der Waals surface area contributed by atoms with Gasteiger partial charge in [0.2, 0.25) is 0 Å². The summed E-state index contributed by atoms with van der Waals surface area (Å²) in [5.74, 6) is 1.15. The molecule has 0 saturated carbocycles. The Morgan fingerprint density at radius 2 is 1.57 bits per heavy atom. The third-order valence-corrected chi connectivity index (χ3v) is 5.74. The van der Waals surface area contributed by atoms with Crippen molar-refractivity contribution in [3.63, 3.8) is 0 Å². The molecule has 0 saturated heterocycles. The number of fused-ring (bicyclic) bond motifs is 1. The number of amides is 1. The van der Waals surface area contributed by atoms with Crippen LogP contribution in [0.4, 0.5) is 11.4 Å². The molecule has 0 aliphatic carbocycles. The molecule has 0 bridgehead atoms. The Hall–Kier alpha value is -3.27. The maximum Gasteiger partial charge on any atom is 0.263 e. The smallest absolute Gasteiger partial charge is 0.263 e. The second-order valence-electron chi connectivity index (χ2n) is 6.88. The molecule has 1 aromatic heterocycles. The van der Waals surface area contributed by atoms with Crippen LogP contribution in [0.25, 0.3) is 23.0 Å². The Labute approximate surface area is 183 Å². The van der Waals surface area contributed by atoms with Crippen molar-refractivity contribution >= 4 is 52.1 Å². The van der Waals surface area contributed by atoms with E-state index < -0.39 is 0 Å². The molecule has 0 N–H and O–H groups in total. The third-order valence-electron chi connectivity index (χ3n) is 5.00. The average Bonchev–Trinajstić information content (AvgIpc) is 3.34. The number of hydrogen-bond donors (Lipinski definition) is 0. The van der Waals surface area contributed by atoms with Crippen molar-refractivity contribution in [2.24, 2.45) is 0 Å². The molecule has 3 nitrogen and oxygen atoms in total. The Balaban J connectivity index is 1.55. The molecule has 2 heterocycles. The fourth-order valence-corrected chi connectivity index (χ4v) is 3.89. The van der Waals surface area contributed by atoms with E-state index in [0.717, 1.165) is 22.5 Å². The van der Waals surface area contributed by atoms with Crippen LogP contribution in [0.2, 0.25) is 10.0 Å². The number of rotatable bonds is 3. The Morgan fingerprint density at radius 3 is 2.37 bits per heavy atom. The first kappa shape index (κ1) is 18.7. The van der Waals surface area contributed by atoms with Crippen molar-refractivity contribution in [1.82, 2.24) is 0 Å². The van der Waals surface area contributed by atoms with E-state index in [-0.39, 0.29) is 5.91 Å². The lowest BCUT2D eigenvalue weighted by Crippen LogP contribution is -2.20. The lowest BCUT2D eigenvalue weighted by atomic mass is 10.1. The highest BCUT2D eigenvalue weighted by molar-refractivity contribution is 6.42. The van der Waals surface area contributed by atoms with Gasteiger partial charge in [0.1, 0.15) is 11.5 Å². The van der Waals surface area contributed by atoms with Crippen molar-refractivity contribution in [3.8, 4) is 11.3 Å². The number of carbonyl (C=O) groups is 1. The summed E-state index contributed by atoms with van der Waals surface area (Å²) >= 11 is 12.1. The number of halogens is 2. The molecule has 30 heavy (non-hydrogen) atoms. The molecule has 0 unspecified atom stereocenters. The topological polar surface area (TPSA) is 33.5 Å². The molecule has 1 aliphatic rings. The Bertz CT molecular complexity index is 1290. The van der Waals surface area contributed by atoms with Gasteiger partial charge in [-0.3, -0.25) is 9.69 Å². The maximum absolute atomic E-state index is 13.3. The summed E-state index contributed by atoms with van der Waals surface area (Å²) in [7, 11) is 0. The molecule has 0 fully saturated rings. The minimum absolute atomic E-state index is 0.0881. The second kappa shape index (κ2) is 7.52. The summed E-state index contributed by atoms with van der Waals surface area (Å²) in [6.45, 7) is 0. The number of nitrogens with zero attached hydrogens (tertiary/aromatic N) is 1. The van der Waals surface area contributed by atoms with E-state index in [1.54, 1.807) is 23.1 Å². The third kappa shape index (κ3) is 3.22. The summed E-state index contributed by atoms with van der Waals surface area (Å²) in [4.78, 5) is 15.0. The van der Waals surface area contributed by atoms with Crippen molar-refractivity contribution in [3.05, 3.63) is 106 Å². The number of hydrogen-bond acceptors (Lipinski definition) is 2. The predicted molar refractivity (Wildman–Crippen MR) is 122 cm³/mol. The molecule has 0 radical (unpaired) electrons. The zero-order valence-corrected chi connectivity index (χ0v) is 17.2. The highest BCUT2D eigenvalue weighted by Gasteiger charge is 2.33. The molecule has 1 aliphatic heterocycles. The zero-order valence-electron chi connectivity index (χ0n) is 15.7. The Kier molecular flexibility index (Phi) is 4.70. The van der Waals surface area contributed by atoms with Crippen LogP contribution in [0.1, 0.15) is 11.3 Å². The fraction of sp³-hybridized carbons (Fsp3) is 0. The standard InChI is InChI=1S/C25H15Cl2NO2/c26-21-12-10-16(14-22(21)27)24-13-11-18(30-24)15-20-19-8-4-5-9-23(19)28(25(20)29)17-6-2-1-3-7-17/h1-15H/b20-15+. The zero-order chi connectivity index (χ0) is 20.7. The number of para-hydroxylation sites is 2.